The molecule has 2 N–H and O–H groups in total. The molecule has 1 aliphatic rings. The summed E-state index contributed by atoms with van der Waals surface area (Å²) in [6, 6.07) is 4.00. The minimum absolute atomic E-state index is 0.447. The van der Waals surface area contributed by atoms with Gasteiger partial charge in [0.25, 0.3) is 0 Å². The fraction of sp³-hybridized carbons (Fsp3) is 0.615. The molecule has 0 atom stereocenters. The number of anilines is 1. The number of nitrogen functional groups attached to an aromatic ring is 1. The van der Waals surface area contributed by atoms with E-state index in [0.717, 1.165) is 44.6 Å². The lowest BCUT2D eigenvalue weighted by Gasteiger charge is -2.31. The Kier molecular flexibility index (Phi) is 4.34. The van der Waals surface area contributed by atoms with Crippen LogP contribution in [-0.2, 0) is 11.3 Å². The molecule has 4 heteroatoms. The summed E-state index contributed by atoms with van der Waals surface area (Å²) in [5.41, 5.74) is 6.98. The van der Waals surface area contributed by atoms with Gasteiger partial charge in [-0.25, -0.2) is 4.98 Å². The molecule has 4 nitrogen and oxygen atoms in total. The number of hydrogen-bond acceptors (Lipinski definition) is 4. The molecule has 0 radical (unpaired) electrons. The van der Waals surface area contributed by atoms with Crippen molar-refractivity contribution in [3.8, 4) is 0 Å². The first kappa shape index (κ1) is 12.3. The molecule has 1 aromatic heterocycles. The number of ether oxygens (including phenoxy) is 1. The molecule has 17 heavy (non-hydrogen) atoms. The first-order valence-electron chi connectivity index (χ1n) is 6.33. The number of likely N-dealkylation sites (tertiary alicyclic amines) is 1. The van der Waals surface area contributed by atoms with Crippen molar-refractivity contribution < 1.29 is 4.74 Å². The highest BCUT2D eigenvalue weighted by Gasteiger charge is 2.19. The minimum Gasteiger partial charge on any atom is -0.383 e. The minimum atomic E-state index is 0.447. The van der Waals surface area contributed by atoms with Crippen molar-refractivity contribution in [3.05, 3.63) is 23.9 Å². The molecule has 0 amide bonds. The van der Waals surface area contributed by atoms with Crippen LogP contribution >= 0.6 is 0 Å². The molecule has 0 bridgehead atoms. The molecular weight excluding hydrogens is 214 g/mol. The van der Waals surface area contributed by atoms with Crippen LogP contribution in [-0.4, -0.2) is 35.7 Å². The van der Waals surface area contributed by atoms with Gasteiger partial charge in [-0.1, -0.05) is 6.07 Å². The lowest BCUT2D eigenvalue weighted by atomic mass is 10.1. The van der Waals surface area contributed by atoms with Gasteiger partial charge in [0.2, 0.25) is 0 Å². The van der Waals surface area contributed by atoms with Crippen LogP contribution in [0.2, 0.25) is 0 Å². The molecule has 94 valence electrons. The highest BCUT2D eigenvalue weighted by molar-refractivity contribution is 5.38. The van der Waals surface area contributed by atoms with E-state index < -0.39 is 0 Å². The highest BCUT2D eigenvalue weighted by atomic mass is 16.5. The van der Waals surface area contributed by atoms with Crippen LogP contribution < -0.4 is 5.73 Å². The van der Waals surface area contributed by atoms with Gasteiger partial charge in [0.1, 0.15) is 5.82 Å². The van der Waals surface area contributed by atoms with Crippen molar-refractivity contribution in [2.75, 3.05) is 25.4 Å². The maximum atomic E-state index is 5.85. The Morgan fingerprint density at radius 3 is 2.88 bits per heavy atom. The monoisotopic (exact) mass is 235 g/mol. The number of nitrogens with two attached hydrogens (primary N) is 1. The Balaban J connectivity index is 1.84. The second kappa shape index (κ2) is 5.98. The predicted octanol–water partition coefficient (Wildman–Crippen LogP) is 1.66. The van der Waals surface area contributed by atoms with Crippen LogP contribution in [0.3, 0.4) is 0 Å². The molecule has 0 spiro atoms. The van der Waals surface area contributed by atoms with Gasteiger partial charge >= 0.3 is 0 Å². The summed E-state index contributed by atoms with van der Waals surface area (Å²) < 4.78 is 5.64. The zero-order valence-corrected chi connectivity index (χ0v) is 10.4. The number of hydrogen-bond donors (Lipinski definition) is 1. The van der Waals surface area contributed by atoms with Gasteiger partial charge in [-0.15, -0.1) is 0 Å². The fourth-order valence-corrected chi connectivity index (χ4v) is 2.30. The van der Waals surface area contributed by atoms with Gasteiger partial charge in [-0.2, -0.15) is 0 Å². The second-order valence-electron chi connectivity index (χ2n) is 4.48. The standard InChI is InChI=1S/C13H21N3O/c1-2-17-12-5-8-16(9-6-12)10-11-4-3-7-15-13(11)14/h3-4,7,12H,2,5-6,8-10H2,1H3,(H2,14,15). The smallest absolute Gasteiger partial charge is 0.127 e. The first-order valence-corrected chi connectivity index (χ1v) is 6.33. The Bertz CT molecular complexity index is 348. The molecule has 2 heterocycles. The first-order chi connectivity index (χ1) is 8.29. The van der Waals surface area contributed by atoms with Gasteiger partial charge in [-0.3, -0.25) is 4.90 Å². The summed E-state index contributed by atoms with van der Waals surface area (Å²) in [5, 5.41) is 0. The topological polar surface area (TPSA) is 51.4 Å². The van der Waals surface area contributed by atoms with Gasteiger partial charge in [0.05, 0.1) is 6.10 Å². The number of pyridine rings is 1. The van der Waals surface area contributed by atoms with Crippen LogP contribution in [0.1, 0.15) is 25.3 Å². The van der Waals surface area contributed by atoms with E-state index >= 15 is 0 Å². The quantitative estimate of drug-likeness (QED) is 0.862. The van der Waals surface area contributed by atoms with E-state index in [1.165, 1.54) is 0 Å². The van der Waals surface area contributed by atoms with Crippen LogP contribution in [0.4, 0.5) is 5.82 Å². The van der Waals surface area contributed by atoms with Crippen molar-refractivity contribution in [2.24, 2.45) is 0 Å². The molecule has 0 aromatic carbocycles. The summed E-state index contributed by atoms with van der Waals surface area (Å²) >= 11 is 0. The molecule has 1 aromatic rings. The summed E-state index contributed by atoms with van der Waals surface area (Å²) in [4.78, 5) is 6.53. The number of rotatable bonds is 4. The van der Waals surface area contributed by atoms with Crippen molar-refractivity contribution >= 4 is 5.82 Å². The lowest BCUT2D eigenvalue weighted by molar-refractivity contribution is 0.0125. The molecule has 1 fully saturated rings. The van der Waals surface area contributed by atoms with E-state index in [2.05, 4.69) is 22.9 Å². The SMILES string of the molecule is CCOC1CCN(Cc2cccnc2N)CC1. The Morgan fingerprint density at radius 2 is 2.24 bits per heavy atom. The molecule has 0 unspecified atom stereocenters. The molecule has 1 aliphatic heterocycles. The molecule has 2 rings (SSSR count). The largest absolute Gasteiger partial charge is 0.383 e. The van der Waals surface area contributed by atoms with E-state index in [0.29, 0.717) is 11.9 Å². The average Bonchev–Trinajstić information content (AvgIpc) is 2.35. The van der Waals surface area contributed by atoms with Crippen molar-refractivity contribution in [3.63, 3.8) is 0 Å². The maximum absolute atomic E-state index is 5.85. The van der Waals surface area contributed by atoms with E-state index in [-0.39, 0.29) is 0 Å². The van der Waals surface area contributed by atoms with Crippen LogP contribution in [0.15, 0.2) is 18.3 Å². The highest BCUT2D eigenvalue weighted by Crippen LogP contribution is 2.17. The Labute approximate surface area is 103 Å². The average molecular weight is 235 g/mol. The third kappa shape index (κ3) is 3.41. The summed E-state index contributed by atoms with van der Waals surface area (Å²) in [6.07, 6.45) is 4.42. The van der Waals surface area contributed by atoms with Crippen LogP contribution in [0, 0.1) is 0 Å². The summed E-state index contributed by atoms with van der Waals surface area (Å²) in [7, 11) is 0. The zero-order valence-electron chi connectivity index (χ0n) is 10.4. The number of piperidine rings is 1. The lowest BCUT2D eigenvalue weighted by Crippen LogP contribution is -2.36. The maximum Gasteiger partial charge on any atom is 0.127 e. The Morgan fingerprint density at radius 1 is 1.47 bits per heavy atom. The second-order valence-corrected chi connectivity index (χ2v) is 4.48. The van der Waals surface area contributed by atoms with E-state index in [9.17, 15) is 0 Å². The van der Waals surface area contributed by atoms with Gasteiger partial charge in [0, 0.05) is 38.0 Å². The van der Waals surface area contributed by atoms with Gasteiger partial charge < -0.3 is 10.5 Å². The summed E-state index contributed by atoms with van der Waals surface area (Å²) in [6.45, 7) is 5.94. The summed E-state index contributed by atoms with van der Waals surface area (Å²) in [5.74, 6) is 0.652. The van der Waals surface area contributed by atoms with E-state index in [1.807, 2.05) is 6.07 Å². The molecule has 0 saturated carbocycles. The van der Waals surface area contributed by atoms with Crippen molar-refractivity contribution in [2.45, 2.75) is 32.4 Å². The zero-order chi connectivity index (χ0) is 12.1. The van der Waals surface area contributed by atoms with Gasteiger partial charge in [-0.05, 0) is 25.8 Å². The molecular formula is C13H21N3O. The number of nitrogens with zero attached hydrogens (tertiary/aromatic N) is 2. The predicted molar refractivity (Wildman–Crippen MR) is 68.6 cm³/mol. The third-order valence-corrected chi connectivity index (χ3v) is 3.26. The van der Waals surface area contributed by atoms with E-state index in [4.69, 9.17) is 10.5 Å². The van der Waals surface area contributed by atoms with Gasteiger partial charge in [0.15, 0.2) is 0 Å². The van der Waals surface area contributed by atoms with Crippen molar-refractivity contribution in [1.82, 2.24) is 9.88 Å². The van der Waals surface area contributed by atoms with Crippen LogP contribution in [0.25, 0.3) is 0 Å². The number of aromatic nitrogens is 1. The molecule has 0 aliphatic carbocycles. The van der Waals surface area contributed by atoms with E-state index in [1.54, 1.807) is 6.20 Å². The van der Waals surface area contributed by atoms with Crippen molar-refractivity contribution in [1.29, 1.82) is 0 Å². The normalized spacial score (nSPS) is 18.4. The Hall–Kier alpha value is -1.13. The van der Waals surface area contributed by atoms with Crippen LogP contribution in [0.5, 0.6) is 0 Å². The third-order valence-electron chi connectivity index (χ3n) is 3.26. The molecule has 1 saturated heterocycles. The fourth-order valence-electron chi connectivity index (χ4n) is 2.30.